The number of rotatable bonds is 7. The molecule has 3 unspecified atom stereocenters. The highest BCUT2D eigenvalue weighted by Gasteiger charge is 2.49. The minimum atomic E-state index is -0.142. The fourth-order valence-electron chi connectivity index (χ4n) is 2.73. The first kappa shape index (κ1) is 14.3. The normalized spacial score (nSPS) is 32.3. The van der Waals surface area contributed by atoms with Crippen LogP contribution in [-0.2, 0) is 4.74 Å². The van der Waals surface area contributed by atoms with Crippen LogP contribution in [0, 0.1) is 17.3 Å². The van der Waals surface area contributed by atoms with Gasteiger partial charge in [0, 0.05) is 24.6 Å². The van der Waals surface area contributed by atoms with Crippen LogP contribution in [0.5, 0.6) is 0 Å². The summed E-state index contributed by atoms with van der Waals surface area (Å²) in [5.41, 5.74) is 0.193. The Morgan fingerprint density at radius 3 is 2.50 bits per heavy atom. The van der Waals surface area contributed by atoms with Crippen LogP contribution >= 0.6 is 0 Å². The highest BCUT2D eigenvalue weighted by Crippen LogP contribution is 2.43. The van der Waals surface area contributed by atoms with Gasteiger partial charge >= 0.3 is 0 Å². The number of aliphatic hydroxyl groups is 1. The highest BCUT2D eigenvalue weighted by molar-refractivity contribution is 5.03. The minimum Gasteiger partial charge on any atom is -0.392 e. The van der Waals surface area contributed by atoms with Gasteiger partial charge in [-0.05, 0) is 31.1 Å². The first-order chi connectivity index (χ1) is 8.41. The largest absolute Gasteiger partial charge is 0.392 e. The molecule has 2 aliphatic carbocycles. The van der Waals surface area contributed by atoms with Gasteiger partial charge in [-0.2, -0.15) is 0 Å². The van der Waals surface area contributed by atoms with Crippen LogP contribution < -0.4 is 5.32 Å². The van der Waals surface area contributed by atoms with E-state index in [-0.39, 0.29) is 11.5 Å². The van der Waals surface area contributed by atoms with Gasteiger partial charge in [0.15, 0.2) is 0 Å². The van der Waals surface area contributed by atoms with E-state index in [1.807, 2.05) is 0 Å². The molecule has 0 aliphatic heterocycles. The zero-order valence-corrected chi connectivity index (χ0v) is 12.3. The molecule has 2 saturated carbocycles. The third-order valence-electron chi connectivity index (χ3n) is 4.55. The van der Waals surface area contributed by atoms with E-state index in [0.29, 0.717) is 24.0 Å². The van der Waals surface area contributed by atoms with Crippen molar-refractivity contribution in [2.24, 2.45) is 17.3 Å². The molecule has 0 bridgehead atoms. The lowest BCUT2D eigenvalue weighted by Crippen LogP contribution is -2.62. The molecule has 2 rings (SSSR count). The second-order valence-electron chi connectivity index (χ2n) is 7.14. The van der Waals surface area contributed by atoms with Crippen molar-refractivity contribution in [3.63, 3.8) is 0 Å². The van der Waals surface area contributed by atoms with Crippen LogP contribution in [0.1, 0.15) is 47.0 Å². The van der Waals surface area contributed by atoms with Crippen molar-refractivity contribution in [2.75, 3.05) is 13.2 Å². The SMILES string of the molecule is CC(C)COC1CC(NCC(O)C2CC2)C1(C)C. The average Bonchev–Trinajstić information content (AvgIpc) is 3.09. The summed E-state index contributed by atoms with van der Waals surface area (Å²) >= 11 is 0. The Bertz CT molecular complexity index is 274. The van der Waals surface area contributed by atoms with Gasteiger partial charge in [-0.15, -0.1) is 0 Å². The van der Waals surface area contributed by atoms with Crippen molar-refractivity contribution in [1.82, 2.24) is 5.32 Å². The standard InChI is InChI=1S/C15H29NO2/c1-10(2)9-18-14-7-13(15(14,3)4)16-8-12(17)11-5-6-11/h10-14,16-17H,5-9H2,1-4H3. The Balaban J connectivity index is 1.68. The lowest BCUT2D eigenvalue weighted by atomic mass is 9.64. The number of hydrogen-bond acceptors (Lipinski definition) is 3. The number of hydrogen-bond donors (Lipinski definition) is 2. The fourth-order valence-corrected chi connectivity index (χ4v) is 2.73. The zero-order chi connectivity index (χ0) is 13.3. The van der Waals surface area contributed by atoms with Crippen molar-refractivity contribution in [3.05, 3.63) is 0 Å². The zero-order valence-electron chi connectivity index (χ0n) is 12.3. The summed E-state index contributed by atoms with van der Waals surface area (Å²) in [5, 5.41) is 13.4. The monoisotopic (exact) mass is 255 g/mol. The van der Waals surface area contributed by atoms with Gasteiger partial charge in [-0.25, -0.2) is 0 Å². The van der Waals surface area contributed by atoms with Crippen LogP contribution in [0.4, 0.5) is 0 Å². The lowest BCUT2D eigenvalue weighted by Gasteiger charge is -2.52. The molecule has 2 aliphatic rings. The number of ether oxygens (including phenoxy) is 1. The van der Waals surface area contributed by atoms with Crippen molar-refractivity contribution in [2.45, 2.75) is 65.2 Å². The summed E-state index contributed by atoms with van der Waals surface area (Å²) < 4.78 is 5.95. The van der Waals surface area contributed by atoms with E-state index in [4.69, 9.17) is 4.74 Å². The van der Waals surface area contributed by atoms with Gasteiger partial charge in [0.2, 0.25) is 0 Å². The molecular weight excluding hydrogens is 226 g/mol. The van der Waals surface area contributed by atoms with Crippen LogP contribution in [-0.4, -0.2) is 36.5 Å². The summed E-state index contributed by atoms with van der Waals surface area (Å²) in [6.45, 7) is 10.5. The Morgan fingerprint density at radius 1 is 1.33 bits per heavy atom. The maximum atomic E-state index is 9.88. The highest BCUT2D eigenvalue weighted by atomic mass is 16.5. The molecule has 3 heteroatoms. The van der Waals surface area contributed by atoms with Gasteiger partial charge in [0.05, 0.1) is 12.2 Å². The molecule has 0 aromatic carbocycles. The molecule has 3 nitrogen and oxygen atoms in total. The summed E-state index contributed by atoms with van der Waals surface area (Å²) in [6.07, 6.45) is 3.72. The second-order valence-corrected chi connectivity index (χ2v) is 7.14. The molecular formula is C15H29NO2. The van der Waals surface area contributed by atoms with Crippen molar-refractivity contribution < 1.29 is 9.84 Å². The predicted molar refractivity (Wildman–Crippen MR) is 73.5 cm³/mol. The van der Waals surface area contributed by atoms with E-state index >= 15 is 0 Å². The Hall–Kier alpha value is -0.120. The first-order valence-electron chi connectivity index (χ1n) is 7.44. The number of nitrogens with one attached hydrogen (secondary N) is 1. The summed E-state index contributed by atoms with van der Waals surface area (Å²) in [5.74, 6) is 1.16. The second kappa shape index (κ2) is 5.48. The summed E-state index contributed by atoms with van der Waals surface area (Å²) in [6, 6.07) is 0.489. The van der Waals surface area contributed by atoms with Gasteiger partial charge in [-0.3, -0.25) is 0 Å². The van der Waals surface area contributed by atoms with Gasteiger partial charge in [0.1, 0.15) is 0 Å². The molecule has 18 heavy (non-hydrogen) atoms. The molecule has 106 valence electrons. The van der Waals surface area contributed by atoms with Crippen LogP contribution in [0.25, 0.3) is 0 Å². The summed E-state index contributed by atoms with van der Waals surface area (Å²) in [7, 11) is 0. The van der Waals surface area contributed by atoms with Gasteiger partial charge in [-0.1, -0.05) is 27.7 Å². The average molecular weight is 255 g/mol. The van der Waals surface area contributed by atoms with E-state index in [1.165, 1.54) is 12.8 Å². The van der Waals surface area contributed by atoms with E-state index in [9.17, 15) is 5.11 Å². The number of aliphatic hydroxyl groups excluding tert-OH is 1. The van der Waals surface area contributed by atoms with Crippen LogP contribution in [0.3, 0.4) is 0 Å². The van der Waals surface area contributed by atoms with Crippen molar-refractivity contribution >= 4 is 0 Å². The van der Waals surface area contributed by atoms with E-state index in [1.54, 1.807) is 0 Å². The fraction of sp³-hybridized carbons (Fsp3) is 1.00. The van der Waals surface area contributed by atoms with Crippen LogP contribution in [0.2, 0.25) is 0 Å². The quantitative estimate of drug-likeness (QED) is 0.733. The molecule has 2 fully saturated rings. The maximum absolute atomic E-state index is 9.88. The molecule has 0 spiro atoms. The smallest absolute Gasteiger partial charge is 0.0692 e. The van der Waals surface area contributed by atoms with Crippen molar-refractivity contribution in [3.8, 4) is 0 Å². The third-order valence-corrected chi connectivity index (χ3v) is 4.55. The summed E-state index contributed by atoms with van der Waals surface area (Å²) in [4.78, 5) is 0. The molecule has 0 amide bonds. The molecule has 0 aromatic heterocycles. The Labute approximate surface area is 111 Å². The first-order valence-corrected chi connectivity index (χ1v) is 7.44. The Kier molecular flexibility index (Phi) is 4.35. The maximum Gasteiger partial charge on any atom is 0.0692 e. The molecule has 3 atom stereocenters. The van der Waals surface area contributed by atoms with Crippen molar-refractivity contribution in [1.29, 1.82) is 0 Å². The van der Waals surface area contributed by atoms with E-state index in [0.717, 1.165) is 19.6 Å². The Morgan fingerprint density at radius 2 is 2.00 bits per heavy atom. The predicted octanol–water partition coefficient (Wildman–Crippen LogP) is 2.19. The van der Waals surface area contributed by atoms with E-state index in [2.05, 4.69) is 33.0 Å². The third kappa shape index (κ3) is 3.25. The van der Waals surface area contributed by atoms with Crippen LogP contribution in [0.15, 0.2) is 0 Å². The van der Waals surface area contributed by atoms with Gasteiger partial charge < -0.3 is 15.2 Å². The minimum absolute atomic E-state index is 0.142. The van der Waals surface area contributed by atoms with Gasteiger partial charge in [0.25, 0.3) is 0 Å². The topological polar surface area (TPSA) is 41.5 Å². The lowest BCUT2D eigenvalue weighted by molar-refractivity contribution is -0.125. The van der Waals surface area contributed by atoms with E-state index < -0.39 is 0 Å². The molecule has 0 heterocycles. The molecule has 2 N–H and O–H groups in total. The molecule has 0 aromatic rings. The molecule has 0 radical (unpaired) electrons. The molecule has 0 saturated heterocycles.